The van der Waals surface area contributed by atoms with Gasteiger partial charge >= 0.3 is 0 Å². The van der Waals surface area contributed by atoms with Crippen LogP contribution < -0.4 is 4.74 Å². The second-order valence-corrected chi connectivity index (χ2v) is 8.09. The number of aryl methyl sites for hydroxylation is 2. The Morgan fingerprint density at radius 2 is 1.82 bits per heavy atom. The number of hydrogen-bond donors (Lipinski definition) is 1. The lowest BCUT2D eigenvalue weighted by Gasteiger charge is -2.14. The summed E-state index contributed by atoms with van der Waals surface area (Å²) in [4.78, 5) is 26.2. The van der Waals surface area contributed by atoms with Crippen LogP contribution in [0.3, 0.4) is 0 Å². The van der Waals surface area contributed by atoms with Crippen LogP contribution in [0.25, 0.3) is 6.08 Å². The SMILES string of the molecule is Cc1ccc(C)c(OCCN2C(=O)S/C(=C\c3cc(Cl)c(O)c(Cl)c3)C2=O)c1. The first-order valence-electron chi connectivity index (χ1n) is 8.39. The highest BCUT2D eigenvalue weighted by Crippen LogP contribution is 2.36. The second-order valence-electron chi connectivity index (χ2n) is 6.28. The lowest BCUT2D eigenvalue weighted by atomic mass is 10.1. The smallest absolute Gasteiger partial charge is 0.293 e. The molecule has 0 aromatic heterocycles. The Balaban J connectivity index is 1.69. The van der Waals surface area contributed by atoms with E-state index < -0.39 is 5.91 Å². The van der Waals surface area contributed by atoms with Crippen molar-refractivity contribution in [3.8, 4) is 11.5 Å². The molecule has 8 heteroatoms. The van der Waals surface area contributed by atoms with Gasteiger partial charge in [0.15, 0.2) is 5.75 Å². The number of thioether (sulfide) groups is 1. The van der Waals surface area contributed by atoms with Crippen LogP contribution in [-0.2, 0) is 4.79 Å². The van der Waals surface area contributed by atoms with E-state index in [-0.39, 0.29) is 39.1 Å². The fourth-order valence-corrected chi connectivity index (χ4v) is 3.99. The lowest BCUT2D eigenvalue weighted by molar-refractivity contribution is -0.123. The molecule has 1 aliphatic heterocycles. The predicted molar refractivity (Wildman–Crippen MR) is 112 cm³/mol. The quantitative estimate of drug-likeness (QED) is 0.631. The number of carbonyl (C=O) groups excluding carboxylic acids is 2. The monoisotopic (exact) mass is 437 g/mol. The maximum atomic E-state index is 12.6. The first-order chi connectivity index (χ1) is 13.3. The van der Waals surface area contributed by atoms with E-state index in [0.717, 1.165) is 33.5 Å². The van der Waals surface area contributed by atoms with Gasteiger partial charge in [-0.3, -0.25) is 14.5 Å². The van der Waals surface area contributed by atoms with Gasteiger partial charge in [-0.1, -0.05) is 35.3 Å². The molecule has 1 fully saturated rings. The molecule has 5 nitrogen and oxygen atoms in total. The van der Waals surface area contributed by atoms with E-state index in [2.05, 4.69) is 0 Å². The molecular weight excluding hydrogens is 421 g/mol. The average molecular weight is 438 g/mol. The summed E-state index contributed by atoms with van der Waals surface area (Å²) in [6, 6.07) is 8.81. The molecule has 0 radical (unpaired) electrons. The van der Waals surface area contributed by atoms with Gasteiger partial charge in [0, 0.05) is 0 Å². The normalized spacial score (nSPS) is 15.6. The molecule has 1 aliphatic rings. The minimum absolute atomic E-state index is 0.0694. The summed E-state index contributed by atoms with van der Waals surface area (Å²) in [7, 11) is 0. The van der Waals surface area contributed by atoms with Crippen LogP contribution in [0.4, 0.5) is 4.79 Å². The number of aromatic hydroxyl groups is 1. The molecule has 0 aliphatic carbocycles. The highest BCUT2D eigenvalue weighted by Gasteiger charge is 2.34. The summed E-state index contributed by atoms with van der Waals surface area (Å²) in [5.41, 5.74) is 2.58. The van der Waals surface area contributed by atoms with Crippen molar-refractivity contribution >= 4 is 52.2 Å². The Kier molecular flexibility index (Phi) is 6.23. The van der Waals surface area contributed by atoms with E-state index in [4.69, 9.17) is 27.9 Å². The van der Waals surface area contributed by atoms with Crippen molar-refractivity contribution in [1.82, 2.24) is 4.90 Å². The third kappa shape index (κ3) is 4.46. The van der Waals surface area contributed by atoms with E-state index in [1.54, 1.807) is 0 Å². The number of halogens is 2. The fourth-order valence-electron chi connectivity index (χ4n) is 2.62. The van der Waals surface area contributed by atoms with E-state index >= 15 is 0 Å². The molecule has 0 unspecified atom stereocenters. The molecule has 0 bridgehead atoms. The van der Waals surface area contributed by atoms with Crippen molar-refractivity contribution in [2.45, 2.75) is 13.8 Å². The molecule has 2 aromatic carbocycles. The van der Waals surface area contributed by atoms with E-state index in [9.17, 15) is 14.7 Å². The number of benzene rings is 2. The maximum Gasteiger partial charge on any atom is 0.293 e. The molecule has 1 heterocycles. The van der Waals surface area contributed by atoms with Crippen molar-refractivity contribution in [3.63, 3.8) is 0 Å². The molecular formula is C20H17Cl2NO4S. The van der Waals surface area contributed by atoms with Crippen LogP contribution in [0.2, 0.25) is 10.0 Å². The predicted octanol–water partition coefficient (Wildman–Crippen LogP) is 5.43. The van der Waals surface area contributed by atoms with Gasteiger partial charge in [-0.15, -0.1) is 0 Å². The summed E-state index contributed by atoms with van der Waals surface area (Å²) >= 11 is 12.6. The summed E-state index contributed by atoms with van der Waals surface area (Å²) in [6.45, 7) is 4.25. The molecule has 146 valence electrons. The maximum absolute atomic E-state index is 12.6. The average Bonchev–Trinajstić information content (AvgIpc) is 2.89. The molecule has 3 rings (SSSR count). The lowest BCUT2D eigenvalue weighted by Crippen LogP contribution is -2.32. The second kappa shape index (κ2) is 8.47. The van der Waals surface area contributed by atoms with Gasteiger partial charge in [-0.2, -0.15) is 0 Å². The zero-order valence-corrected chi connectivity index (χ0v) is 17.5. The zero-order valence-electron chi connectivity index (χ0n) is 15.2. The molecule has 2 amide bonds. The fraction of sp³-hybridized carbons (Fsp3) is 0.200. The third-order valence-electron chi connectivity index (χ3n) is 4.13. The van der Waals surface area contributed by atoms with E-state index in [1.807, 2.05) is 32.0 Å². The van der Waals surface area contributed by atoms with E-state index in [1.165, 1.54) is 18.2 Å². The number of rotatable bonds is 5. The van der Waals surface area contributed by atoms with Crippen LogP contribution >= 0.6 is 35.0 Å². The Labute approximate surface area is 176 Å². The van der Waals surface area contributed by atoms with Gasteiger partial charge in [0.1, 0.15) is 12.4 Å². The topological polar surface area (TPSA) is 66.8 Å². The Hall–Kier alpha value is -2.15. The molecule has 0 atom stereocenters. The number of hydrogen-bond acceptors (Lipinski definition) is 5. The summed E-state index contributed by atoms with van der Waals surface area (Å²) in [6.07, 6.45) is 1.52. The molecule has 0 saturated carbocycles. The first kappa shape index (κ1) is 20.6. The third-order valence-corrected chi connectivity index (χ3v) is 5.61. The number of ether oxygens (including phenoxy) is 1. The van der Waals surface area contributed by atoms with Crippen LogP contribution in [-0.4, -0.2) is 34.3 Å². The number of amides is 2. The molecule has 1 N–H and O–H groups in total. The minimum atomic E-state index is -0.403. The number of carbonyl (C=O) groups is 2. The Morgan fingerprint density at radius 1 is 1.14 bits per heavy atom. The van der Waals surface area contributed by atoms with Crippen LogP contribution in [0.15, 0.2) is 35.2 Å². The Morgan fingerprint density at radius 3 is 2.50 bits per heavy atom. The van der Waals surface area contributed by atoms with Crippen LogP contribution in [0, 0.1) is 13.8 Å². The number of phenols is 1. The van der Waals surface area contributed by atoms with E-state index in [0.29, 0.717) is 5.56 Å². The zero-order chi connectivity index (χ0) is 20.4. The Bertz CT molecular complexity index is 967. The summed E-state index contributed by atoms with van der Waals surface area (Å²) < 4.78 is 5.74. The molecule has 1 saturated heterocycles. The minimum Gasteiger partial charge on any atom is -0.505 e. The van der Waals surface area contributed by atoms with Crippen molar-refractivity contribution < 1.29 is 19.4 Å². The molecule has 28 heavy (non-hydrogen) atoms. The van der Waals surface area contributed by atoms with Gasteiger partial charge in [0.25, 0.3) is 11.1 Å². The largest absolute Gasteiger partial charge is 0.505 e. The van der Waals surface area contributed by atoms with Crippen molar-refractivity contribution in [2.75, 3.05) is 13.2 Å². The number of phenolic OH excluding ortho intramolecular Hbond substituents is 1. The van der Waals surface area contributed by atoms with Gasteiger partial charge in [-0.25, -0.2) is 0 Å². The standard InChI is InChI=1S/C20H17Cl2NO4S/c1-11-3-4-12(2)16(7-11)27-6-5-23-19(25)17(28-20(23)26)10-13-8-14(21)18(24)15(22)9-13/h3-4,7-10,24H,5-6H2,1-2H3/b17-10-. The van der Waals surface area contributed by atoms with Gasteiger partial charge in [-0.05, 0) is 66.6 Å². The number of imide groups is 1. The molecule has 2 aromatic rings. The molecule has 0 spiro atoms. The highest BCUT2D eigenvalue weighted by atomic mass is 35.5. The van der Waals surface area contributed by atoms with Gasteiger partial charge in [0.05, 0.1) is 21.5 Å². The summed E-state index contributed by atoms with van der Waals surface area (Å²) in [5.74, 6) is 0.105. The van der Waals surface area contributed by atoms with Crippen LogP contribution in [0.5, 0.6) is 11.5 Å². The first-order valence-corrected chi connectivity index (χ1v) is 9.97. The van der Waals surface area contributed by atoms with Gasteiger partial charge < -0.3 is 9.84 Å². The van der Waals surface area contributed by atoms with Gasteiger partial charge in [0.2, 0.25) is 0 Å². The van der Waals surface area contributed by atoms with Crippen molar-refractivity contribution in [2.24, 2.45) is 0 Å². The van der Waals surface area contributed by atoms with Crippen molar-refractivity contribution in [3.05, 3.63) is 62.0 Å². The van der Waals surface area contributed by atoms with Crippen molar-refractivity contribution in [1.29, 1.82) is 0 Å². The van der Waals surface area contributed by atoms with Crippen LogP contribution in [0.1, 0.15) is 16.7 Å². The highest BCUT2D eigenvalue weighted by molar-refractivity contribution is 8.18. The summed E-state index contributed by atoms with van der Waals surface area (Å²) in [5, 5.41) is 9.40. The number of nitrogens with zero attached hydrogens (tertiary/aromatic N) is 1.